The molecule has 2 aromatic carbocycles. The summed E-state index contributed by atoms with van der Waals surface area (Å²) < 4.78 is 19.2. The normalized spacial score (nSPS) is 10.8. The van der Waals surface area contributed by atoms with Gasteiger partial charge in [0.05, 0.1) is 6.61 Å². The third kappa shape index (κ3) is 5.43. The number of hydrogen-bond donors (Lipinski definition) is 1. The fourth-order valence-electron chi connectivity index (χ4n) is 1.80. The largest absolute Gasteiger partial charge is 0.383 e. The van der Waals surface area contributed by atoms with Gasteiger partial charge in [0.1, 0.15) is 5.82 Å². The van der Waals surface area contributed by atoms with Crippen LogP contribution in [0.2, 0.25) is 0 Å². The molecule has 0 radical (unpaired) electrons. The summed E-state index contributed by atoms with van der Waals surface area (Å²) >= 11 is 5.12. The first-order chi connectivity index (χ1) is 10.2. The highest BCUT2D eigenvalue weighted by molar-refractivity contribution is 9.10. The number of rotatable bonds is 7. The van der Waals surface area contributed by atoms with Crippen LogP contribution in [-0.2, 0) is 11.3 Å². The fraction of sp³-hybridized carbons (Fsp3) is 0.250. The van der Waals surface area contributed by atoms with Crippen molar-refractivity contribution in [3.8, 4) is 0 Å². The van der Waals surface area contributed by atoms with Gasteiger partial charge in [0.2, 0.25) is 0 Å². The summed E-state index contributed by atoms with van der Waals surface area (Å²) in [4.78, 5) is 1.96. The molecule has 0 saturated carbocycles. The molecule has 0 aliphatic carbocycles. The van der Waals surface area contributed by atoms with Crippen molar-refractivity contribution >= 4 is 27.7 Å². The minimum atomic E-state index is -0.213. The van der Waals surface area contributed by atoms with Gasteiger partial charge >= 0.3 is 0 Å². The van der Waals surface area contributed by atoms with E-state index in [1.54, 1.807) is 24.9 Å². The van der Waals surface area contributed by atoms with Gasteiger partial charge in [0.25, 0.3) is 0 Å². The number of halogens is 2. The Labute approximate surface area is 137 Å². The van der Waals surface area contributed by atoms with Crippen LogP contribution in [0.25, 0.3) is 0 Å². The van der Waals surface area contributed by atoms with Crippen molar-refractivity contribution < 1.29 is 9.13 Å². The summed E-state index contributed by atoms with van der Waals surface area (Å²) in [7, 11) is 1.69. The summed E-state index contributed by atoms with van der Waals surface area (Å²) in [5, 5.41) is 3.30. The van der Waals surface area contributed by atoms with Crippen molar-refractivity contribution in [2.75, 3.05) is 20.3 Å². The quantitative estimate of drug-likeness (QED) is 0.727. The average molecular weight is 370 g/mol. The number of benzene rings is 2. The molecule has 2 nitrogen and oxygen atoms in total. The number of nitrogens with one attached hydrogen (secondary N) is 1. The van der Waals surface area contributed by atoms with E-state index in [1.165, 1.54) is 17.7 Å². The first-order valence-electron chi connectivity index (χ1n) is 6.60. The molecule has 0 bridgehead atoms. The molecule has 112 valence electrons. The average Bonchev–Trinajstić information content (AvgIpc) is 2.46. The third-order valence-corrected chi connectivity index (χ3v) is 4.82. The maximum atomic E-state index is 13.2. The summed E-state index contributed by atoms with van der Waals surface area (Å²) in [6.45, 7) is 2.33. The molecule has 2 rings (SSSR count). The van der Waals surface area contributed by atoms with Gasteiger partial charge < -0.3 is 10.1 Å². The van der Waals surface area contributed by atoms with Crippen molar-refractivity contribution in [2.45, 2.75) is 16.3 Å². The van der Waals surface area contributed by atoms with Crippen molar-refractivity contribution in [2.24, 2.45) is 0 Å². The molecule has 0 fully saturated rings. The standard InChI is InChI=1S/C16H17BrFNOS/c1-20-8-7-19-11-12-5-6-16(15(17)9-12)21-14-4-2-3-13(18)10-14/h2-6,9-10,19H,7-8,11H2,1H3. The Balaban J connectivity index is 1.98. The van der Waals surface area contributed by atoms with Gasteiger partial charge in [0.15, 0.2) is 0 Å². The molecule has 0 saturated heterocycles. The maximum Gasteiger partial charge on any atom is 0.124 e. The number of methoxy groups -OCH3 is 1. The Morgan fingerprint density at radius 3 is 2.81 bits per heavy atom. The highest BCUT2D eigenvalue weighted by Gasteiger charge is 2.05. The lowest BCUT2D eigenvalue weighted by Gasteiger charge is -2.08. The van der Waals surface area contributed by atoms with Gasteiger partial charge in [-0.15, -0.1) is 0 Å². The van der Waals surface area contributed by atoms with Crippen molar-refractivity contribution in [3.63, 3.8) is 0 Å². The summed E-state index contributed by atoms with van der Waals surface area (Å²) in [5.41, 5.74) is 1.20. The van der Waals surface area contributed by atoms with Crippen LogP contribution in [0.5, 0.6) is 0 Å². The van der Waals surface area contributed by atoms with E-state index in [0.717, 1.165) is 27.4 Å². The molecule has 0 heterocycles. The predicted octanol–water partition coefficient (Wildman–Crippen LogP) is 4.48. The molecule has 0 aromatic heterocycles. The second kappa shape index (κ2) is 8.54. The molecule has 5 heteroatoms. The van der Waals surface area contributed by atoms with Gasteiger partial charge in [-0.2, -0.15) is 0 Å². The minimum Gasteiger partial charge on any atom is -0.383 e. The lowest BCUT2D eigenvalue weighted by molar-refractivity contribution is 0.199. The Hall–Kier alpha value is -0.880. The lowest BCUT2D eigenvalue weighted by Crippen LogP contribution is -2.18. The maximum absolute atomic E-state index is 13.2. The van der Waals surface area contributed by atoms with Crippen LogP contribution in [0.15, 0.2) is 56.7 Å². The van der Waals surface area contributed by atoms with Crippen LogP contribution in [0.1, 0.15) is 5.56 Å². The zero-order valence-electron chi connectivity index (χ0n) is 11.7. The van der Waals surface area contributed by atoms with Gasteiger partial charge in [-0.05, 0) is 51.8 Å². The molecular weight excluding hydrogens is 353 g/mol. The second-order valence-electron chi connectivity index (χ2n) is 4.49. The summed E-state index contributed by atoms with van der Waals surface area (Å²) in [5.74, 6) is -0.213. The SMILES string of the molecule is COCCNCc1ccc(Sc2cccc(F)c2)c(Br)c1. The van der Waals surface area contributed by atoms with Crippen LogP contribution in [0.3, 0.4) is 0 Å². The molecule has 2 aromatic rings. The van der Waals surface area contributed by atoms with E-state index >= 15 is 0 Å². The molecule has 0 amide bonds. The lowest BCUT2D eigenvalue weighted by atomic mass is 10.2. The highest BCUT2D eigenvalue weighted by Crippen LogP contribution is 2.34. The Morgan fingerprint density at radius 2 is 2.10 bits per heavy atom. The van der Waals surface area contributed by atoms with E-state index < -0.39 is 0 Å². The molecule has 0 aliphatic rings. The molecular formula is C16H17BrFNOS. The van der Waals surface area contributed by atoms with E-state index in [2.05, 4.69) is 33.4 Å². The monoisotopic (exact) mass is 369 g/mol. The van der Waals surface area contributed by atoms with Crippen LogP contribution < -0.4 is 5.32 Å². The van der Waals surface area contributed by atoms with Crippen LogP contribution >= 0.6 is 27.7 Å². The van der Waals surface area contributed by atoms with E-state index in [4.69, 9.17) is 4.74 Å². The second-order valence-corrected chi connectivity index (χ2v) is 6.46. The molecule has 0 spiro atoms. The minimum absolute atomic E-state index is 0.213. The third-order valence-electron chi connectivity index (χ3n) is 2.83. The Bertz CT molecular complexity index is 594. The van der Waals surface area contributed by atoms with Crippen molar-refractivity contribution in [3.05, 3.63) is 58.3 Å². The number of hydrogen-bond acceptors (Lipinski definition) is 3. The summed E-state index contributed by atoms with van der Waals surface area (Å²) in [6.07, 6.45) is 0. The summed E-state index contributed by atoms with van der Waals surface area (Å²) in [6, 6.07) is 12.8. The van der Waals surface area contributed by atoms with E-state index in [1.807, 2.05) is 12.1 Å². The van der Waals surface area contributed by atoms with E-state index in [0.29, 0.717) is 6.61 Å². The Morgan fingerprint density at radius 1 is 1.24 bits per heavy atom. The first-order valence-corrected chi connectivity index (χ1v) is 8.21. The highest BCUT2D eigenvalue weighted by atomic mass is 79.9. The predicted molar refractivity (Wildman–Crippen MR) is 88.2 cm³/mol. The molecule has 21 heavy (non-hydrogen) atoms. The zero-order valence-corrected chi connectivity index (χ0v) is 14.1. The smallest absolute Gasteiger partial charge is 0.124 e. The van der Waals surface area contributed by atoms with E-state index in [9.17, 15) is 4.39 Å². The topological polar surface area (TPSA) is 21.3 Å². The van der Waals surface area contributed by atoms with E-state index in [-0.39, 0.29) is 5.82 Å². The van der Waals surface area contributed by atoms with Gasteiger partial charge in [-0.1, -0.05) is 23.9 Å². The molecule has 1 N–H and O–H groups in total. The van der Waals surface area contributed by atoms with Crippen LogP contribution in [0, 0.1) is 5.82 Å². The van der Waals surface area contributed by atoms with Crippen LogP contribution in [-0.4, -0.2) is 20.3 Å². The number of ether oxygens (including phenoxy) is 1. The van der Waals surface area contributed by atoms with Gasteiger partial charge in [0, 0.05) is 34.5 Å². The van der Waals surface area contributed by atoms with Gasteiger partial charge in [-0.3, -0.25) is 0 Å². The van der Waals surface area contributed by atoms with Crippen LogP contribution in [0.4, 0.5) is 4.39 Å². The fourth-order valence-corrected chi connectivity index (χ4v) is 3.34. The molecule has 0 unspecified atom stereocenters. The molecule has 0 atom stereocenters. The molecule has 0 aliphatic heterocycles. The van der Waals surface area contributed by atoms with Crippen molar-refractivity contribution in [1.82, 2.24) is 5.32 Å². The zero-order chi connectivity index (χ0) is 15.1. The Kier molecular flexibility index (Phi) is 6.70. The first kappa shape index (κ1) is 16.5. The van der Waals surface area contributed by atoms with Gasteiger partial charge in [-0.25, -0.2) is 4.39 Å². The van der Waals surface area contributed by atoms with Crippen molar-refractivity contribution in [1.29, 1.82) is 0 Å².